The van der Waals surface area contributed by atoms with Crippen LogP contribution in [-0.4, -0.2) is 16.4 Å². The van der Waals surface area contributed by atoms with Crippen LogP contribution in [-0.2, 0) is 0 Å². The summed E-state index contributed by atoms with van der Waals surface area (Å²) < 4.78 is 1.21. The number of benzene rings is 2. The molecule has 138 valence electrons. The minimum absolute atomic E-state index is 0.00492. The lowest BCUT2D eigenvalue weighted by Gasteiger charge is -2.14. The second-order valence-corrected chi connectivity index (χ2v) is 6.28. The third kappa shape index (κ3) is 2.86. The van der Waals surface area contributed by atoms with E-state index < -0.39 is 17.4 Å². The van der Waals surface area contributed by atoms with Crippen molar-refractivity contribution in [1.29, 1.82) is 0 Å². The molecule has 0 unspecified atom stereocenters. The summed E-state index contributed by atoms with van der Waals surface area (Å²) in [5.41, 5.74) is 8.11. The number of carbonyl (C=O) groups excluding carboxylic acids is 2. The lowest BCUT2D eigenvalue weighted by molar-refractivity contribution is 0.0880. The number of nitrogens with two attached hydrogens (primary N) is 1. The fourth-order valence-corrected chi connectivity index (χ4v) is 3.09. The number of amides is 2. The van der Waals surface area contributed by atoms with Gasteiger partial charge in [0.1, 0.15) is 5.82 Å². The number of aryl methyl sites for hydroxylation is 1. The summed E-state index contributed by atoms with van der Waals surface area (Å²) in [6.07, 6.45) is 0. The van der Waals surface area contributed by atoms with E-state index in [-0.39, 0.29) is 16.9 Å². The average Bonchev–Trinajstić information content (AvgIpc) is 2.96. The van der Waals surface area contributed by atoms with Crippen LogP contribution in [0.5, 0.6) is 0 Å². The lowest BCUT2D eigenvalue weighted by atomic mass is 10.1. The summed E-state index contributed by atoms with van der Waals surface area (Å²) in [7, 11) is 0. The first-order valence-electron chi connectivity index (χ1n) is 8.45. The predicted molar refractivity (Wildman–Crippen MR) is 104 cm³/mol. The number of carbonyl (C=O) groups is 2. The Hall–Kier alpha value is -4.07. The van der Waals surface area contributed by atoms with E-state index in [1.807, 2.05) is 30.3 Å². The van der Waals surface area contributed by atoms with Crippen LogP contribution in [0.25, 0.3) is 5.69 Å². The molecule has 0 radical (unpaired) electrons. The summed E-state index contributed by atoms with van der Waals surface area (Å²) in [5, 5.41) is 10.5. The molecule has 2 aromatic carbocycles. The molecular weight excluding hydrogens is 358 g/mol. The maximum Gasteiger partial charge on any atom is 0.262 e. The van der Waals surface area contributed by atoms with Gasteiger partial charge in [0.15, 0.2) is 0 Å². The Balaban J connectivity index is 1.76. The molecule has 3 N–H and O–H groups in total. The average molecular weight is 373 g/mol. The molecule has 0 spiro atoms. The number of anilines is 1. The predicted octanol–water partition coefficient (Wildman–Crippen LogP) is 3.03. The van der Waals surface area contributed by atoms with Crippen molar-refractivity contribution in [3.05, 3.63) is 81.6 Å². The van der Waals surface area contributed by atoms with Crippen LogP contribution in [0.3, 0.4) is 0 Å². The van der Waals surface area contributed by atoms with Gasteiger partial charge in [0, 0.05) is 6.07 Å². The number of pyridine rings is 1. The minimum Gasteiger partial charge on any atom is -0.384 e. The molecule has 0 fully saturated rings. The molecule has 8 nitrogen and oxygen atoms in total. The van der Waals surface area contributed by atoms with Gasteiger partial charge < -0.3 is 5.73 Å². The second-order valence-electron chi connectivity index (χ2n) is 6.28. The number of hydrogen-bond acceptors (Lipinski definition) is 6. The molecule has 2 amide bonds. The highest BCUT2D eigenvalue weighted by Gasteiger charge is 2.32. The SMILES string of the molecule is Cc1cc(N=Nc2ccccc2)ccc1-n1c(N)c2c(cc1=O)C(=O)NC2=O. The Morgan fingerprint density at radius 3 is 2.32 bits per heavy atom. The van der Waals surface area contributed by atoms with Gasteiger partial charge >= 0.3 is 0 Å². The molecule has 4 rings (SSSR count). The number of azo groups is 1. The van der Waals surface area contributed by atoms with Crippen LogP contribution in [0.1, 0.15) is 26.3 Å². The molecule has 8 heteroatoms. The molecule has 1 aliphatic heterocycles. The van der Waals surface area contributed by atoms with Gasteiger partial charge in [0.25, 0.3) is 17.4 Å². The summed E-state index contributed by atoms with van der Waals surface area (Å²) in [6, 6.07) is 15.5. The number of hydrogen-bond donors (Lipinski definition) is 2. The van der Waals surface area contributed by atoms with Crippen LogP contribution < -0.4 is 16.6 Å². The maximum absolute atomic E-state index is 12.5. The number of nitrogens with one attached hydrogen (secondary N) is 1. The first kappa shape index (κ1) is 17.3. The van der Waals surface area contributed by atoms with Crippen LogP contribution in [0.15, 0.2) is 69.6 Å². The second kappa shape index (κ2) is 6.58. The number of nitrogens with zero attached hydrogens (tertiary/aromatic N) is 3. The molecule has 1 aromatic heterocycles. The Kier molecular flexibility index (Phi) is 4.08. The highest BCUT2D eigenvalue weighted by atomic mass is 16.2. The third-order valence-electron chi connectivity index (χ3n) is 4.41. The van der Waals surface area contributed by atoms with Crippen molar-refractivity contribution in [3.63, 3.8) is 0 Å². The fraction of sp³-hybridized carbons (Fsp3) is 0.0500. The lowest BCUT2D eigenvalue weighted by Crippen LogP contribution is -2.24. The van der Waals surface area contributed by atoms with Gasteiger partial charge in [0.05, 0.1) is 28.2 Å². The Morgan fingerprint density at radius 2 is 1.61 bits per heavy atom. The van der Waals surface area contributed by atoms with Crippen LogP contribution in [0, 0.1) is 6.92 Å². The zero-order chi connectivity index (χ0) is 19.8. The zero-order valence-corrected chi connectivity index (χ0v) is 14.8. The smallest absolute Gasteiger partial charge is 0.262 e. The van der Waals surface area contributed by atoms with Crippen molar-refractivity contribution in [1.82, 2.24) is 9.88 Å². The molecule has 0 saturated carbocycles. The first-order valence-corrected chi connectivity index (χ1v) is 8.45. The Bertz CT molecular complexity index is 1210. The topological polar surface area (TPSA) is 119 Å². The first-order chi connectivity index (χ1) is 13.5. The summed E-state index contributed by atoms with van der Waals surface area (Å²) in [5.74, 6) is -1.31. The van der Waals surface area contributed by atoms with Crippen molar-refractivity contribution in [2.45, 2.75) is 6.92 Å². The molecule has 0 bridgehead atoms. The Labute approximate surface area is 159 Å². The molecule has 0 atom stereocenters. The van der Waals surface area contributed by atoms with Gasteiger partial charge in [-0.15, -0.1) is 0 Å². The van der Waals surface area contributed by atoms with Gasteiger partial charge in [0.2, 0.25) is 0 Å². The van der Waals surface area contributed by atoms with E-state index in [1.54, 1.807) is 25.1 Å². The number of aromatic nitrogens is 1. The number of nitrogen functional groups attached to an aromatic ring is 1. The van der Waals surface area contributed by atoms with Crippen molar-refractivity contribution >= 4 is 29.0 Å². The Morgan fingerprint density at radius 1 is 0.893 bits per heavy atom. The van der Waals surface area contributed by atoms with Crippen LogP contribution >= 0.6 is 0 Å². The van der Waals surface area contributed by atoms with E-state index in [4.69, 9.17) is 5.73 Å². The van der Waals surface area contributed by atoms with E-state index >= 15 is 0 Å². The molecule has 28 heavy (non-hydrogen) atoms. The fourth-order valence-electron chi connectivity index (χ4n) is 3.09. The van der Waals surface area contributed by atoms with E-state index in [0.29, 0.717) is 16.9 Å². The van der Waals surface area contributed by atoms with Gasteiger partial charge in [-0.05, 0) is 42.8 Å². The van der Waals surface area contributed by atoms with Gasteiger partial charge in [-0.25, -0.2) is 0 Å². The van der Waals surface area contributed by atoms with Crippen LogP contribution in [0.4, 0.5) is 17.2 Å². The number of imide groups is 1. The van der Waals surface area contributed by atoms with Gasteiger partial charge in [-0.2, -0.15) is 10.2 Å². The molecule has 1 aliphatic rings. The normalized spacial score (nSPS) is 13.0. The zero-order valence-electron chi connectivity index (χ0n) is 14.8. The summed E-state index contributed by atoms with van der Waals surface area (Å²) >= 11 is 0. The molecule has 3 aromatic rings. The monoisotopic (exact) mass is 373 g/mol. The summed E-state index contributed by atoms with van der Waals surface area (Å²) in [6.45, 7) is 1.79. The number of fused-ring (bicyclic) bond motifs is 1. The largest absolute Gasteiger partial charge is 0.384 e. The molecule has 2 heterocycles. The molecule has 0 saturated heterocycles. The van der Waals surface area contributed by atoms with Gasteiger partial charge in [-0.1, -0.05) is 18.2 Å². The summed E-state index contributed by atoms with van der Waals surface area (Å²) in [4.78, 5) is 36.3. The van der Waals surface area contributed by atoms with Crippen molar-refractivity contribution in [3.8, 4) is 5.69 Å². The standard InChI is InChI=1S/C20H15N5O3/c1-11-9-13(24-23-12-5-3-2-4-6-12)7-8-15(11)25-16(26)10-14-17(18(25)21)20(28)22-19(14)27/h2-10H,21H2,1H3,(H,22,27,28). The van der Waals surface area contributed by atoms with Crippen LogP contribution in [0.2, 0.25) is 0 Å². The molecule has 0 aliphatic carbocycles. The van der Waals surface area contributed by atoms with E-state index in [1.165, 1.54) is 4.57 Å². The number of rotatable bonds is 3. The third-order valence-corrected chi connectivity index (χ3v) is 4.41. The van der Waals surface area contributed by atoms with Gasteiger partial charge in [-0.3, -0.25) is 24.3 Å². The van der Waals surface area contributed by atoms with E-state index in [2.05, 4.69) is 15.5 Å². The van der Waals surface area contributed by atoms with E-state index in [0.717, 1.165) is 11.8 Å². The highest BCUT2D eigenvalue weighted by molar-refractivity contribution is 6.23. The highest BCUT2D eigenvalue weighted by Crippen LogP contribution is 2.27. The maximum atomic E-state index is 12.5. The molecular formula is C20H15N5O3. The van der Waals surface area contributed by atoms with Crippen molar-refractivity contribution in [2.24, 2.45) is 10.2 Å². The quantitative estimate of drug-likeness (QED) is 0.542. The van der Waals surface area contributed by atoms with E-state index in [9.17, 15) is 14.4 Å². The van der Waals surface area contributed by atoms with Crippen molar-refractivity contribution in [2.75, 3.05) is 5.73 Å². The van der Waals surface area contributed by atoms with Crippen molar-refractivity contribution < 1.29 is 9.59 Å². The minimum atomic E-state index is -0.621.